The van der Waals surface area contributed by atoms with Crippen LogP contribution in [0.4, 0.5) is 11.5 Å². The highest BCUT2D eigenvalue weighted by Crippen LogP contribution is 2.39. The second-order valence-electron chi connectivity index (χ2n) is 5.46. The van der Waals surface area contributed by atoms with Gasteiger partial charge in [-0.2, -0.15) is 0 Å². The summed E-state index contributed by atoms with van der Waals surface area (Å²) in [4.78, 5) is 22.0. The Bertz CT molecular complexity index is 987. The zero-order valence-corrected chi connectivity index (χ0v) is 17.4. The topological polar surface area (TPSA) is 73.3 Å². The van der Waals surface area contributed by atoms with Gasteiger partial charge in [-0.05, 0) is 24.6 Å². The van der Waals surface area contributed by atoms with Crippen molar-refractivity contribution in [3.8, 4) is 0 Å². The summed E-state index contributed by atoms with van der Waals surface area (Å²) in [5, 5.41) is 4.95. The van der Waals surface area contributed by atoms with Gasteiger partial charge in [0.1, 0.15) is 28.5 Å². The number of rotatable bonds is 6. The molecule has 10 heteroatoms. The largest absolute Gasteiger partial charge is 0.459 e. The summed E-state index contributed by atoms with van der Waals surface area (Å²) in [5.74, 6) is 0.0527. The molecule has 27 heavy (non-hydrogen) atoms. The first-order valence-electron chi connectivity index (χ1n) is 7.74. The van der Waals surface area contributed by atoms with Crippen LogP contribution in [0, 0.1) is 6.92 Å². The zero-order chi connectivity index (χ0) is 19.6. The lowest BCUT2D eigenvalue weighted by atomic mass is 10.2. The Balaban J connectivity index is 1.99. The third kappa shape index (κ3) is 4.28. The zero-order valence-electron chi connectivity index (χ0n) is 14.3. The number of hydrogen-bond acceptors (Lipinski definition) is 7. The minimum atomic E-state index is -0.430. The molecule has 6 nitrogen and oxygen atoms in total. The molecular weight excluding hydrogens is 433 g/mol. The van der Waals surface area contributed by atoms with Crippen LogP contribution in [0.1, 0.15) is 15.2 Å². The molecule has 0 fully saturated rings. The van der Waals surface area contributed by atoms with Gasteiger partial charge in [0.15, 0.2) is 0 Å². The third-order valence-corrected chi connectivity index (χ3v) is 5.68. The van der Waals surface area contributed by atoms with Gasteiger partial charge in [-0.1, -0.05) is 34.8 Å². The van der Waals surface area contributed by atoms with Crippen molar-refractivity contribution in [3.63, 3.8) is 0 Å². The predicted molar refractivity (Wildman–Crippen MR) is 109 cm³/mol. The van der Waals surface area contributed by atoms with Gasteiger partial charge in [-0.25, -0.2) is 14.8 Å². The maximum atomic E-state index is 12.3. The van der Waals surface area contributed by atoms with E-state index in [4.69, 9.17) is 44.3 Å². The molecule has 0 saturated carbocycles. The molecule has 0 saturated heterocycles. The first kappa shape index (κ1) is 20.1. The van der Waals surface area contributed by atoms with Gasteiger partial charge in [-0.15, -0.1) is 11.3 Å². The Hall–Kier alpha value is -1.64. The second-order valence-corrected chi connectivity index (χ2v) is 7.71. The summed E-state index contributed by atoms with van der Waals surface area (Å²) < 4.78 is 10.1. The standard InChI is InChI=1S/C17H14Cl3N3O3S/c1-8-12-15(23-13-10(19)5-9(18)6-11(13)20)21-7-22-16(12)27-14(8)17(24)26-4-3-25-2/h5-7H,3-4H2,1-2H3,(H,21,22,23). The van der Waals surface area contributed by atoms with Crippen LogP contribution >= 0.6 is 46.1 Å². The molecule has 1 aromatic carbocycles. The summed E-state index contributed by atoms with van der Waals surface area (Å²) in [5.41, 5.74) is 1.18. The molecule has 0 aliphatic carbocycles. The van der Waals surface area contributed by atoms with Crippen LogP contribution in [-0.4, -0.2) is 36.3 Å². The SMILES string of the molecule is COCCOC(=O)c1sc2ncnc(Nc3c(Cl)cc(Cl)cc3Cl)c2c1C. The number of fused-ring (bicyclic) bond motifs is 1. The molecule has 0 amide bonds. The normalized spacial score (nSPS) is 11.0. The Labute approximate surface area is 174 Å². The summed E-state index contributed by atoms with van der Waals surface area (Å²) in [6.07, 6.45) is 1.40. The molecule has 0 aliphatic rings. The van der Waals surface area contributed by atoms with Crippen molar-refractivity contribution in [2.45, 2.75) is 6.92 Å². The Morgan fingerprint density at radius 3 is 2.56 bits per heavy atom. The number of halogens is 3. The molecule has 0 unspecified atom stereocenters. The number of nitrogens with zero attached hydrogens (tertiary/aromatic N) is 2. The van der Waals surface area contributed by atoms with E-state index < -0.39 is 5.97 Å². The van der Waals surface area contributed by atoms with E-state index in [2.05, 4.69) is 15.3 Å². The average Bonchev–Trinajstić information content (AvgIpc) is 2.96. The van der Waals surface area contributed by atoms with E-state index in [1.165, 1.54) is 17.7 Å². The molecular formula is C17H14Cl3N3O3S. The minimum absolute atomic E-state index is 0.176. The van der Waals surface area contributed by atoms with Gasteiger partial charge in [0.05, 0.1) is 27.7 Å². The maximum Gasteiger partial charge on any atom is 0.348 e. The van der Waals surface area contributed by atoms with Crippen molar-refractivity contribution >= 4 is 73.8 Å². The fourth-order valence-corrected chi connectivity index (χ4v) is 4.38. The summed E-state index contributed by atoms with van der Waals surface area (Å²) in [7, 11) is 1.54. The Morgan fingerprint density at radius 2 is 1.89 bits per heavy atom. The highest BCUT2D eigenvalue weighted by Gasteiger charge is 2.21. The molecule has 0 atom stereocenters. The van der Waals surface area contributed by atoms with E-state index in [0.717, 1.165) is 0 Å². The lowest BCUT2D eigenvalue weighted by Crippen LogP contribution is -2.09. The van der Waals surface area contributed by atoms with Gasteiger partial charge in [-0.3, -0.25) is 0 Å². The average molecular weight is 447 g/mol. The van der Waals surface area contributed by atoms with Crippen molar-refractivity contribution < 1.29 is 14.3 Å². The summed E-state index contributed by atoms with van der Waals surface area (Å²) in [6, 6.07) is 3.16. The van der Waals surface area contributed by atoms with Gasteiger partial charge < -0.3 is 14.8 Å². The molecule has 2 heterocycles. The van der Waals surface area contributed by atoms with E-state index >= 15 is 0 Å². The lowest BCUT2D eigenvalue weighted by Gasteiger charge is -2.11. The number of carbonyl (C=O) groups is 1. The maximum absolute atomic E-state index is 12.3. The van der Waals surface area contributed by atoms with E-state index in [1.54, 1.807) is 19.2 Å². The number of benzene rings is 1. The van der Waals surface area contributed by atoms with Gasteiger partial charge in [0, 0.05) is 12.1 Å². The minimum Gasteiger partial charge on any atom is -0.459 e. The molecule has 2 aromatic heterocycles. The lowest BCUT2D eigenvalue weighted by molar-refractivity contribution is 0.0393. The highest BCUT2D eigenvalue weighted by molar-refractivity contribution is 7.20. The van der Waals surface area contributed by atoms with E-state index in [1.807, 2.05) is 6.92 Å². The van der Waals surface area contributed by atoms with Crippen molar-refractivity contribution in [3.05, 3.63) is 44.0 Å². The van der Waals surface area contributed by atoms with Crippen LogP contribution in [0.2, 0.25) is 15.1 Å². The number of aryl methyl sites for hydroxylation is 1. The van der Waals surface area contributed by atoms with Crippen molar-refractivity contribution in [2.75, 3.05) is 25.6 Å². The van der Waals surface area contributed by atoms with Crippen LogP contribution < -0.4 is 5.32 Å². The quantitative estimate of drug-likeness (QED) is 0.398. The number of hydrogen-bond donors (Lipinski definition) is 1. The van der Waals surface area contributed by atoms with Gasteiger partial charge in [0.25, 0.3) is 0 Å². The number of aromatic nitrogens is 2. The molecule has 142 valence electrons. The van der Waals surface area contributed by atoms with E-state index in [9.17, 15) is 4.79 Å². The van der Waals surface area contributed by atoms with Crippen LogP contribution in [-0.2, 0) is 9.47 Å². The fraction of sp³-hybridized carbons (Fsp3) is 0.235. The molecule has 3 aromatic rings. The van der Waals surface area contributed by atoms with Gasteiger partial charge in [0.2, 0.25) is 0 Å². The van der Waals surface area contributed by atoms with Crippen molar-refractivity contribution in [2.24, 2.45) is 0 Å². The van der Waals surface area contributed by atoms with Crippen molar-refractivity contribution in [1.29, 1.82) is 0 Å². The van der Waals surface area contributed by atoms with Crippen LogP contribution in [0.15, 0.2) is 18.5 Å². The first-order valence-corrected chi connectivity index (χ1v) is 9.69. The van der Waals surface area contributed by atoms with E-state index in [0.29, 0.717) is 53.8 Å². The van der Waals surface area contributed by atoms with E-state index in [-0.39, 0.29) is 6.61 Å². The summed E-state index contributed by atoms with van der Waals surface area (Å²) >= 11 is 19.7. The molecule has 0 aliphatic heterocycles. The summed E-state index contributed by atoms with van der Waals surface area (Å²) in [6.45, 7) is 2.32. The first-order chi connectivity index (χ1) is 12.9. The number of carbonyl (C=O) groups excluding carboxylic acids is 1. The smallest absolute Gasteiger partial charge is 0.348 e. The molecule has 0 radical (unpaired) electrons. The van der Waals surface area contributed by atoms with Crippen LogP contribution in [0.25, 0.3) is 10.2 Å². The predicted octanol–water partition coefficient (Wildman–Crippen LogP) is 5.51. The number of methoxy groups -OCH3 is 1. The number of anilines is 2. The highest BCUT2D eigenvalue weighted by atomic mass is 35.5. The second kappa shape index (κ2) is 8.58. The Kier molecular flexibility index (Phi) is 6.39. The fourth-order valence-electron chi connectivity index (χ4n) is 2.42. The molecule has 3 rings (SSSR count). The number of ether oxygens (including phenoxy) is 2. The van der Waals surface area contributed by atoms with Crippen LogP contribution in [0.3, 0.4) is 0 Å². The van der Waals surface area contributed by atoms with Crippen molar-refractivity contribution in [1.82, 2.24) is 9.97 Å². The molecule has 0 spiro atoms. The Morgan fingerprint density at radius 1 is 1.19 bits per heavy atom. The molecule has 1 N–H and O–H groups in total. The van der Waals surface area contributed by atoms with Gasteiger partial charge >= 0.3 is 5.97 Å². The number of thiophene rings is 1. The monoisotopic (exact) mass is 445 g/mol. The van der Waals surface area contributed by atoms with Crippen LogP contribution in [0.5, 0.6) is 0 Å². The molecule has 0 bridgehead atoms. The third-order valence-electron chi connectivity index (χ3n) is 3.68. The number of nitrogens with one attached hydrogen (secondary N) is 1. The number of esters is 1.